The first-order chi connectivity index (χ1) is 7.31. The number of nitrogens with one attached hydrogen (secondary N) is 1. The zero-order valence-electron chi connectivity index (χ0n) is 9.80. The lowest BCUT2D eigenvalue weighted by Gasteiger charge is -1.96. The van der Waals surface area contributed by atoms with Crippen LogP contribution in [0.3, 0.4) is 0 Å². The lowest BCUT2D eigenvalue weighted by molar-refractivity contribution is 0.151. The highest BCUT2D eigenvalue weighted by molar-refractivity contribution is 7.11. The molecule has 0 amide bonds. The number of aryl methyl sites for hydroxylation is 1. The van der Waals surface area contributed by atoms with Crippen LogP contribution in [0.15, 0.2) is 0 Å². The van der Waals surface area contributed by atoms with E-state index < -0.39 is 0 Å². The van der Waals surface area contributed by atoms with Gasteiger partial charge in [0.1, 0.15) is 0 Å². The fourth-order valence-corrected chi connectivity index (χ4v) is 2.57. The Morgan fingerprint density at radius 2 is 2.20 bits per heavy atom. The molecule has 15 heavy (non-hydrogen) atoms. The Morgan fingerprint density at radius 3 is 2.80 bits per heavy atom. The molecule has 0 aliphatic carbocycles. The third kappa shape index (κ3) is 3.89. The van der Waals surface area contributed by atoms with Crippen LogP contribution >= 0.6 is 11.3 Å². The molecule has 0 radical (unpaired) electrons. The van der Waals surface area contributed by atoms with Crippen LogP contribution in [0.1, 0.15) is 29.4 Å². The SMILES string of the molecule is CCOCCc1nc(CC)c(CNC)s1. The normalized spacial score (nSPS) is 10.9. The number of aromatic nitrogens is 1. The van der Waals surface area contributed by atoms with Crippen molar-refractivity contribution in [2.24, 2.45) is 0 Å². The van der Waals surface area contributed by atoms with Crippen molar-refractivity contribution in [3.63, 3.8) is 0 Å². The monoisotopic (exact) mass is 228 g/mol. The molecule has 0 unspecified atom stereocenters. The van der Waals surface area contributed by atoms with Crippen molar-refractivity contribution in [1.82, 2.24) is 10.3 Å². The van der Waals surface area contributed by atoms with Gasteiger partial charge < -0.3 is 10.1 Å². The third-order valence-electron chi connectivity index (χ3n) is 2.16. The molecule has 1 rings (SSSR count). The van der Waals surface area contributed by atoms with Crippen LogP contribution < -0.4 is 5.32 Å². The van der Waals surface area contributed by atoms with E-state index in [1.54, 1.807) is 11.3 Å². The van der Waals surface area contributed by atoms with E-state index in [1.165, 1.54) is 15.6 Å². The molecule has 0 fully saturated rings. The number of ether oxygens (including phenoxy) is 1. The van der Waals surface area contributed by atoms with Gasteiger partial charge in [0.15, 0.2) is 0 Å². The second-order valence-electron chi connectivity index (χ2n) is 3.31. The van der Waals surface area contributed by atoms with Gasteiger partial charge in [-0.15, -0.1) is 11.3 Å². The van der Waals surface area contributed by atoms with Crippen LogP contribution in [-0.4, -0.2) is 25.2 Å². The van der Waals surface area contributed by atoms with Crippen molar-refractivity contribution in [2.75, 3.05) is 20.3 Å². The van der Waals surface area contributed by atoms with E-state index in [4.69, 9.17) is 4.74 Å². The third-order valence-corrected chi connectivity index (χ3v) is 3.32. The van der Waals surface area contributed by atoms with E-state index in [1.807, 2.05) is 14.0 Å². The highest BCUT2D eigenvalue weighted by Crippen LogP contribution is 2.19. The summed E-state index contributed by atoms with van der Waals surface area (Å²) in [6.45, 7) is 6.67. The number of nitrogens with zero attached hydrogens (tertiary/aromatic N) is 1. The Labute approximate surface area is 95.9 Å². The predicted molar refractivity (Wildman–Crippen MR) is 64.5 cm³/mol. The summed E-state index contributed by atoms with van der Waals surface area (Å²) in [4.78, 5) is 5.98. The molecule has 0 saturated heterocycles. The molecule has 0 aliphatic rings. The van der Waals surface area contributed by atoms with Crippen LogP contribution in [0.25, 0.3) is 0 Å². The molecule has 1 heterocycles. The predicted octanol–water partition coefficient (Wildman–Crippen LogP) is 2.00. The standard InChI is InChI=1S/C11H20N2OS/c1-4-9-10(8-12-3)15-11(13-9)6-7-14-5-2/h12H,4-8H2,1-3H3. The maximum absolute atomic E-state index is 5.33. The highest BCUT2D eigenvalue weighted by Gasteiger charge is 2.08. The molecule has 0 aromatic carbocycles. The molecular formula is C11H20N2OS. The summed E-state index contributed by atoms with van der Waals surface area (Å²) < 4.78 is 5.33. The summed E-state index contributed by atoms with van der Waals surface area (Å²) >= 11 is 1.81. The minimum Gasteiger partial charge on any atom is -0.381 e. The van der Waals surface area contributed by atoms with Gasteiger partial charge in [-0.05, 0) is 20.4 Å². The highest BCUT2D eigenvalue weighted by atomic mass is 32.1. The fourth-order valence-electron chi connectivity index (χ4n) is 1.42. The lowest BCUT2D eigenvalue weighted by atomic mass is 10.3. The molecular weight excluding hydrogens is 208 g/mol. The van der Waals surface area contributed by atoms with Crippen LogP contribution in [0.4, 0.5) is 0 Å². The van der Waals surface area contributed by atoms with Gasteiger partial charge in [-0.3, -0.25) is 0 Å². The van der Waals surface area contributed by atoms with Gasteiger partial charge in [-0.1, -0.05) is 6.92 Å². The molecule has 0 saturated carbocycles. The fraction of sp³-hybridized carbons (Fsp3) is 0.727. The Morgan fingerprint density at radius 1 is 1.40 bits per heavy atom. The maximum Gasteiger partial charge on any atom is 0.0954 e. The van der Waals surface area contributed by atoms with Crippen molar-refractivity contribution < 1.29 is 4.74 Å². The van der Waals surface area contributed by atoms with E-state index in [-0.39, 0.29) is 0 Å². The molecule has 0 bridgehead atoms. The summed E-state index contributed by atoms with van der Waals surface area (Å²) in [5, 5.41) is 4.38. The summed E-state index contributed by atoms with van der Waals surface area (Å²) in [5.74, 6) is 0. The van der Waals surface area contributed by atoms with Gasteiger partial charge in [0.25, 0.3) is 0 Å². The average molecular weight is 228 g/mol. The Kier molecular flexibility index (Phi) is 5.83. The summed E-state index contributed by atoms with van der Waals surface area (Å²) in [6, 6.07) is 0. The molecule has 86 valence electrons. The Bertz CT molecular complexity index is 286. The van der Waals surface area contributed by atoms with Crippen molar-refractivity contribution in [3.05, 3.63) is 15.6 Å². The molecule has 0 atom stereocenters. The van der Waals surface area contributed by atoms with Gasteiger partial charge in [0, 0.05) is 24.4 Å². The molecule has 0 spiro atoms. The summed E-state index contributed by atoms with van der Waals surface area (Å²) in [7, 11) is 1.97. The van der Waals surface area contributed by atoms with E-state index >= 15 is 0 Å². The van der Waals surface area contributed by atoms with E-state index in [0.717, 1.165) is 32.6 Å². The van der Waals surface area contributed by atoms with Crippen molar-refractivity contribution in [1.29, 1.82) is 0 Å². The summed E-state index contributed by atoms with van der Waals surface area (Å²) in [5.41, 5.74) is 1.24. The number of rotatable bonds is 7. The van der Waals surface area contributed by atoms with Crippen molar-refractivity contribution in [2.45, 2.75) is 33.2 Å². The molecule has 4 heteroatoms. The van der Waals surface area contributed by atoms with Crippen LogP contribution in [0.5, 0.6) is 0 Å². The first-order valence-corrected chi connectivity index (χ1v) is 6.33. The van der Waals surface area contributed by atoms with Crippen molar-refractivity contribution in [3.8, 4) is 0 Å². The molecule has 1 aromatic heterocycles. The smallest absolute Gasteiger partial charge is 0.0954 e. The maximum atomic E-state index is 5.33. The van der Waals surface area contributed by atoms with Crippen LogP contribution in [0, 0.1) is 0 Å². The molecule has 1 aromatic rings. The molecule has 0 aliphatic heterocycles. The molecule has 1 N–H and O–H groups in total. The lowest BCUT2D eigenvalue weighted by Crippen LogP contribution is -2.05. The van der Waals surface area contributed by atoms with E-state index in [9.17, 15) is 0 Å². The zero-order chi connectivity index (χ0) is 11.1. The average Bonchev–Trinajstić information content (AvgIpc) is 2.62. The van der Waals surface area contributed by atoms with Crippen LogP contribution in [0.2, 0.25) is 0 Å². The van der Waals surface area contributed by atoms with Gasteiger partial charge in [0.2, 0.25) is 0 Å². The van der Waals surface area contributed by atoms with Crippen molar-refractivity contribution >= 4 is 11.3 Å². The largest absolute Gasteiger partial charge is 0.381 e. The molecule has 3 nitrogen and oxygen atoms in total. The minimum absolute atomic E-state index is 0.784. The number of hydrogen-bond acceptors (Lipinski definition) is 4. The second kappa shape index (κ2) is 6.93. The number of hydrogen-bond donors (Lipinski definition) is 1. The number of thiazole rings is 1. The zero-order valence-corrected chi connectivity index (χ0v) is 10.6. The van der Waals surface area contributed by atoms with Gasteiger partial charge in [0.05, 0.1) is 17.3 Å². The van der Waals surface area contributed by atoms with Gasteiger partial charge >= 0.3 is 0 Å². The minimum atomic E-state index is 0.784. The first-order valence-electron chi connectivity index (χ1n) is 5.51. The first kappa shape index (κ1) is 12.6. The summed E-state index contributed by atoms with van der Waals surface area (Å²) in [6.07, 6.45) is 1.96. The Hall–Kier alpha value is -0.450. The van der Waals surface area contributed by atoms with E-state index in [0.29, 0.717) is 0 Å². The van der Waals surface area contributed by atoms with E-state index in [2.05, 4.69) is 17.2 Å². The Balaban J connectivity index is 2.57. The quantitative estimate of drug-likeness (QED) is 0.725. The van der Waals surface area contributed by atoms with Crippen LogP contribution in [-0.2, 0) is 24.1 Å². The topological polar surface area (TPSA) is 34.1 Å². The van der Waals surface area contributed by atoms with Gasteiger partial charge in [-0.25, -0.2) is 4.98 Å². The second-order valence-corrected chi connectivity index (χ2v) is 4.48. The van der Waals surface area contributed by atoms with Gasteiger partial charge in [-0.2, -0.15) is 0 Å².